The Labute approximate surface area is 124 Å². The van der Waals surface area contributed by atoms with E-state index in [1.165, 1.54) is 7.11 Å². The van der Waals surface area contributed by atoms with Crippen LogP contribution in [0, 0.1) is 24.7 Å². The second-order valence-electron chi connectivity index (χ2n) is 5.82. The molecule has 0 aliphatic heterocycles. The standard InChI is InChI=1S/C16H21NO4/c1-9-4-5-14(21-3)13(8-9)17-15(18)11-6-10(2)7-12(11)16(19)20/h4-5,8,10-12H,6-7H2,1-3H3,(H,17,18)(H,19,20). The number of rotatable bonds is 4. The van der Waals surface area contributed by atoms with Gasteiger partial charge in [-0.2, -0.15) is 0 Å². The highest BCUT2D eigenvalue weighted by Crippen LogP contribution is 2.37. The van der Waals surface area contributed by atoms with Crippen molar-refractivity contribution in [3.8, 4) is 5.75 Å². The zero-order valence-electron chi connectivity index (χ0n) is 12.6. The molecule has 0 aromatic heterocycles. The maximum atomic E-state index is 12.4. The molecule has 3 unspecified atom stereocenters. The Kier molecular flexibility index (Phi) is 4.50. The molecule has 1 fully saturated rings. The Balaban J connectivity index is 2.18. The number of benzene rings is 1. The van der Waals surface area contributed by atoms with Crippen molar-refractivity contribution in [3.63, 3.8) is 0 Å². The Morgan fingerprint density at radius 3 is 2.57 bits per heavy atom. The number of carbonyl (C=O) groups is 2. The number of carbonyl (C=O) groups excluding carboxylic acids is 1. The van der Waals surface area contributed by atoms with Gasteiger partial charge in [0.15, 0.2) is 0 Å². The molecule has 5 nitrogen and oxygen atoms in total. The molecule has 5 heteroatoms. The van der Waals surface area contributed by atoms with E-state index in [-0.39, 0.29) is 11.8 Å². The lowest BCUT2D eigenvalue weighted by Gasteiger charge is -2.17. The molecular weight excluding hydrogens is 270 g/mol. The van der Waals surface area contributed by atoms with Gasteiger partial charge in [0.1, 0.15) is 5.75 Å². The Morgan fingerprint density at radius 1 is 1.29 bits per heavy atom. The van der Waals surface area contributed by atoms with Gasteiger partial charge in [-0.3, -0.25) is 9.59 Å². The number of anilines is 1. The van der Waals surface area contributed by atoms with Gasteiger partial charge in [-0.15, -0.1) is 0 Å². The average Bonchev–Trinajstić information content (AvgIpc) is 2.81. The van der Waals surface area contributed by atoms with Gasteiger partial charge in [-0.05, 0) is 43.4 Å². The van der Waals surface area contributed by atoms with Crippen molar-refractivity contribution in [3.05, 3.63) is 23.8 Å². The van der Waals surface area contributed by atoms with E-state index in [4.69, 9.17) is 4.74 Å². The number of hydrogen-bond acceptors (Lipinski definition) is 3. The number of amides is 1. The molecule has 0 spiro atoms. The maximum absolute atomic E-state index is 12.4. The van der Waals surface area contributed by atoms with Crippen molar-refractivity contribution in [2.75, 3.05) is 12.4 Å². The monoisotopic (exact) mass is 291 g/mol. The summed E-state index contributed by atoms with van der Waals surface area (Å²) in [5, 5.41) is 12.1. The van der Waals surface area contributed by atoms with Gasteiger partial charge < -0.3 is 15.2 Å². The lowest BCUT2D eigenvalue weighted by atomic mass is 9.95. The molecule has 0 saturated heterocycles. The molecule has 114 valence electrons. The largest absolute Gasteiger partial charge is 0.495 e. The fourth-order valence-corrected chi connectivity index (χ4v) is 3.00. The van der Waals surface area contributed by atoms with E-state index in [1.54, 1.807) is 6.07 Å². The summed E-state index contributed by atoms with van der Waals surface area (Å²) >= 11 is 0. The molecule has 1 aromatic rings. The number of methoxy groups -OCH3 is 1. The number of aliphatic carboxylic acids is 1. The third-order valence-corrected chi connectivity index (χ3v) is 4.07. The topological polar surface area (TPSA) is 75.6 Å². The van der Waals surface area contributed by atoms with Crippen LogP contribution in [0.25, 0.3) is 0 Å². The summed E-state index contributed by atoms with van der Waals surface area (Å²) in [7, 11) is 1.54. The molecule has 1 aromatic carbocycles. The van der Waals surface area contributed by atoms with E-state index in [2.05, 4.69) is 5.32 Å². The van der Waals surface area contributed by atoms with E-state index < -0.39 is 17.8 Å². The molecular formula is C16H21NO4. The number of aryl methyl sites for hydroxylation is 1. The number of carboxylic acid groups (broad SMARTS) is 1. The number of ether oxygens (including phenoxy) is 1. The van der Waals surface area contributed by atoms with Crippen molar-refractivity contribution in [1.29, 1.82) is 0 Å². The number of hydrogen-bond donors (Lipinski definition) is 2. The first-order chi connectivity index (χ1) is 9.92. The number of nitrogens with one attached hydrogen (secondary N) is 1. The fraction of sp³-hybridized carbons (Fsp3) is 0.500. The Bertz CT molecular complexity index is 555. The van der Waals surface area contributed by atoms with Crippen molar-refractivity contribution >= 4 is 17.6 Å². The van der Waals surface area contributed by atoms with Gasteiger partial charge in [-0.25, -0.2) is 0 Å². The van der Waals surface area contributed by atoms with Crippen LogP contribution < -0.4 is 10.1 Å². The van der Waals surface area contributed by atoms with E-state index >= 15 is 0 Å². The summed E-state index contributed by atoms with van der Waals surface area (Å²) in [5.74, 6) is -1.39. The lowest BCUT2D eigenvalue weighted by molar-refractivity contribution is -0.145. The minimum Gasteiger partial charge on any atom is -0.495 e. The summed E-state index contributed by atoms with van der Waals surface area (Å²) in [6.07, 6.45) is 1.16. The summed E-state index contributed by atoms with van der Waals surface area (Å²) in [4.78, 5) is 23.7. The van der Waals surface area contributed by atoms with E-state index in [0.29, 0.717) is 24.3 Å². The quantitative estimate of drug-likeness (QED) is 0.894. The first-order valence-corrected chi connectivity index (χ1v) is 7.10. The van der Waals surface area contributed by atoms with Gasteiger partial charge in [0.05, 0.1) is 24.6 Å². The average molecular weight is 291 g/mol. The molecule has 3 atom stereocenters. The van der Waals surface area contributed by atoms with Gasteiger partial charge in [-0.1, -0.05) is 13.0 Å². The molecule has 2 rings (SSSR count). The van der Waals surface area contributed by atoms with Crippen LogP contribution in [0.2, 0.25) is 0 Å². The van der Waals surface area contributed by atoms with E-state index in [0.717, 1.165) is 5.56 Å². The summed E-state index contributed by atoms with van der Waals surface area (Å²) in [6.45, 7) is 3.91. The lowest BCUT2D eigenvalue weighted by Crippen LogP contribution is -2.30. The van der Waals surface area contributed by atoms with Crippen LogP contribution >= 0.6 is 0 Å². The minimum absolute atomic E-state index is 0.240. The summed E-state index contributed by atoms with van der Waals surface area (Å²) in [6, 6.07) is 5.51. The van der Waals surface area contributed by atoms with Crippen LogP contribution in [0.5, 0.6) is 5.75 Å². The highest BCUT2D eigenvalue weighted by atomic mass is 16.5. The van der Waals surface area contributed by atoms with Crippen LogP contribution in [-0.2, 0) is 9.59 Å². The normalized spacial score (nSPS) is 24.6. The molecule has 1 saturated carbocycles. The van der Waals surface area contributed by atoms with Gasteiger partial charge in [0.25, 0.3) is 0 Å². The highest BCUT2D eigenvalue weighted by molar-refractivity contribution is 5.96. The third-order valence-electron chi connectivity index (χ3n) is 4.07. The van der Waals surface area contributed by atoms with Crippen LogP contribution in [-0.4, -0.2) is 24.1 Å². The predicted molar refractivity (Wildman–Crippen MR) is 79.4 cm³/mol. The molecule has 0 radical (unpaired) electrons. The molecule has 0 heterocycles. The molecule has 1 aliphatic carbocycles. The van der Waals surface area contributed by atoms with Crippen molar-refractivity contribution in [2.45, 2.75) is 26.7 Å². The highest BCUT2D eigenvalue weighted by Gasteiger charge is 2.41. The van der Waals surface area contributed by atoms with Crippen molar-refractivity contribution in [2.24, 2.45) is 17.8 Å². The van der Waals surface area contributed by atoms with E-state index in [1.807, 2.05) is 26.0 Å². The predicted octanol–water partition coefficient (Wildman–Crippen LogP) is 2.69. The molecule has 0 bridgehead atoms. The smallest absolute Gasteiger partial charge is 0.307 e. The van der Waals surface area contributed by atoms with E-state index in [9.17, 15) is 14.7 Å². The van der Waals surface area contributed by atoms with Crippen molar-refractivity contribution < 1.29 is 19.4 Å². The van der Waals surface area contributed by atoms with Crippen LogP contribution in [0.4, 0.5) is 5.69 Å². The zero-order valence-corrected chi connectivity index (χ0v) is 12.6. The van der Waals surface area contributed by atoms with Gasteiger partial charge in [0, 0.05) is 0 Å². The second kappa shape index (κ2) is 6.16. The summed E-state index contributed by atoms with van der Waals surface area (Å²) < 4.78 is 5.23. The molecule has 21 heavy (non-hydrogen) atoms. The van der Waals surface area contributed by atoms with Crippen molar-refractivity contribution in [1.82, 2.24) is 0 Å². The molecule has 1 amide bonds. The van der Waals surface area contributed by atoms with Crippen LogP contribution in [0.1, 0.15) is 25.3 Å². The fourth-order valence-electron chi connectivity index (χ4n) is 3.00. The maximum Gasteiger partial charge on any atom is 0.307 e. The SMILES string of the molecule is COc1ccc(C)cc1NC(=O)C1CC(C)CC1C(=O)O. The second-order valence-corrected chi connectivity index (χ2v) is 5.82. The number of carboxylic acids is 1. The minimum atomic E-state index is -0.893. The zero-order chi connectivity index (χ0) is 15.6. The molecule has 2 N–H and O–H groups in total. The first kappa shape index (κ1) is 15.4. The van der Waals surface area contributed by atoms with Crippen LogP contribution in [0.15, 0.2) is 18.2 Å². The van der Waals surface area contributed by atoms with Gasteiger partial charge in [0.2, 0.25) is 5.91 Å². The summed E-state index contributed by atoms with van der Waals surface area (Å²) in [5.41, 5.74) is 1.59. The Morgan fingerprint density at radius 2 is 1.95 bits per heavy atom. The first-order valence-electron chi connectivity index (χ1n) is 7.10. The third kappa shape index (κ3) is 3.35. The Hall–Kier alpha value is -2.04. The molecule has 1 aliphatic rings. The van der Waals surface area contributed by atoms with Crippen LogP contribution in [0.3, 0.4) is 0 Å². The van der Waals surface area contributed by atoms with Gasteiger partial charge >= 0.3 is 5.97 Å².